The average Bonchev–Trinajstić information content (AvgIpc) is 2.53. The third-order valence-corrected chi connectivity index (χ3v) is 3.96. The molecule has 2 rings (SSSR count). The fourth-order valence-electron chi connectivity index (χ4n) is 2.52. The van der Waals surface area contributed by atoms with Crippen LogP contribution in [0.1, 0.15) is 6.42 Å². The molecule has 0 amide bonds. The Labute approximate surface area is 130 Å². The molecule has 2 saturated heterocycles. The SMILES string of the molecule is OC[C@H]1O[C@@H](O[C@@H]2C[C@H](O)[C@@H](O)[C@](O)(CO)O2)[C@H](O)[C@@H](O)[C@@H]1O. The summed E-state index contributed by atoms with van der Waals surface area (Å²) in [5.74, 6) is -2.48. The predicted molar refractivity (Wildman–Crippen MR) is 68.4 cm³/mol. The third-order valence-electron chi connectivity index (χ3n) is 3.96. The van der Waals surface area contributed by atoms with E-state index in [0.717, 1.165) is 0 Å². The fraction of sp³-hybridized carbons (Fsp3) is 1.00. The summed E-state index contributed by atoms with van der Waals surface area (Å²) in [5, 5.41) is 76.5. The lowest BCUT2D eigenvalue weighted by atomic mass is 9.98. The minimum Gasteiger partial charge on any atom is -0.394 e. The van der Waals surface area contributed by atoms with Gasteiger partial charge in [0.1, 0.15) is 30.5 Å². The van der Waals surface area contributed by atoms with Gasteiger partial charge < -0.3 is 55.1 Å². The largest absolute Gasteiger partial charge is 0.394 e. The van der Waals surface area contributed by atoms with E-state index in [9.17, 15) is 30.6 Å². The maximum absolute atomic E-state index is 9.88. The van der Waals surface area contributed by atoms with Crippen LogP contribution >= 0.6 is 0 Å². The fourth-order valence-corrected chi connectivity index (χ4v) is 2.52. The molecule has 0 spiro atoms. The van der Waals surface area contributed by atoms with Gasteiger partial charge >= 0.3 is 0 Å². The first-order valence-electron chi connectivity index (χ1n) is 7.06. The average molecular weight is 342 g/mol. The molecule has 0 aromatic heterocycles. The Bertz CT molecular complexity index is 393. The van der Waals surface area contributed by atoms with Crippen molar-refractivity contribution in [3.05, 3.63) is 0 Å². The molecule has 2 heterocycles. The van der Waals surface area contributed by atoms with E-state index in [0.29, 0.717) is 0 Å². The van der Waals surface area contributed by atoms with Gasteiger partial charge in [0.05, 0.1) is 19.3 Å². The van der Waals surface area contributed by atoms with Gasteiger partial charge in [0.2, 0.25) is 5.79 Å². The van der Waals surface area contributed by atoms with E-state index in [1.54, 1.807) is 0 Å². The van der Waals surface area contributed by atoms with Crippen molar-refractivity contribution in [3.8, 4) is 0 Å². The van der Waals surface area contributed by atoms with Gasteiger partial charge in [0.25, 0.3) is 0 Å². The summed E-state index contributed by atoms with van der Waals surface area (Å²) >= 11 is 0. The number of ether oxygens (including phenoxy) is 3. The highest BCUT2D eigenvalue weighted by molar-refractivity contribution is 4.91. The Hall–Kier alpha value is -0.440. The van der Waals surface area contributed by atoms with Gasteiger partial charge in [-0.15, -0.1) is 0 Å². The molecule has 136 valence electrons. The van der Waals surface area contributed by atoms with Crippen LogP contribution in [0.3, 0.4) is 0 Å². The van der Waals surface area contributed by atoms with Crippen molar-refractivity contribution in [1.82, 2.24) is 0 Å². The van der Waals surface area contributed by atoms with Crippen LogP contribution in [-0.4, -0.2) is 109 Å². The standard InChI is InChI=1S/C12H22O11/c13-2-5-7(16)8(17)9(18)11(21-5)22-6-1-4(15)10(19)12(20,3-14)23-6/h4-11,13-20H,1-3H2/t4-,5+,6-,7+,8-,9+,10+,11-,12-/m0/s1. The summed E-state index contributed by atoms with van der Waals surface area (Å²) in [5.41, 5.74) is 0. The highest BCUT2D eigenvalue weighted by Crippen LogP contribution is 2.31. The van der Waals surface area contributed by atoms with Crippen LogP contribution < -0.4 is 0 Å². The molecular weight excluding hydrogens is 320 g/mol. The number of hydrogen-bond acceptors (Lipinski definition) is 11. The van der Waals surface area contributed by atoms with Gasteiger partial charge in [0.15, 0.2) is 12.6 Å². The van der Waals surface area contributed by atoms with Gasteiger partial charge in [-0.2, -0.15) is 0 Å². The first-order chi connectivity index (χ1) is 10.7. The van der Waals surface area contributed by atoms with Crippen LogP contribution in [0.5, 0.6) is 0 Å². The summed E-state index contributed by atoms with van der Waals surface area (Å²) in [6, 6.07) is 0. The van der Waals surface area contributed by atoms with Gasteiger partial charge in [-0.25, -0.2) is 0 Å². The van der Waals surface area contributed by atoms with E-state index in [2.05, 4.69) is 0 Å². The molecule has 0 aliphatic carbocycles. The molecule has 0 aromatic rings. The molecule has 0 radical (unpaired) electrons. The molecule has 11 heteroatoms. The Kier molecular flexibility index (Phi) is 5.92. The van der Waals surface area contributed by atoms with Crippen molar-refractivity contribution in [3.63, 3.8) is 0 Å². The second-order valence-electron chi connectivity index (χ2n) is 5.63. The van der Waals surface area contributed by atoms with E-state index in [-0.39, 0.29) is 6.42 Å². The minimum atomic E-state index is -2.48. The first-order valence-corrected chi connectivity index (χ1v) is 7.06. The van der Waals surface area contributed by atoms with Crippen molar-refractivity contribution in [2.24, 2.45) is 0 Å². The van der Waals surface area contributed by atoms with Crippen molar-refractivity contribution in [1.29, 1.82) is 0 Å². The van der Waals surface area contributed by atoms with E-state index in [1.165, 1.54) is 0 Å². The molecule has 2 aliphatic rings. The Balaban J connectivity index is 2.06. The molecule has 11 nitrogen and oxygen atoms in total. The monoisotopic (exact) mass is 342 g/mol. The van der Waals surface area contributed by atoms with Gasteiger partial charge in [-0.3, -0.25) is 0 Å². The van der Waals surface area contributed by atoms with Crippen molar-refractivity contribution in [2.75, 3.05) is 13.2 Å². The number of aliphatic hydroxyl groups excluding tert-OH is 7. The molecule has 8 N–H and O–H groups in total. The highest BCUT2D eigenvalue weighted by atomic mass is 16.8. The van der Waals surface area contributed by atoms with E-state index >= 15 is 0 Å². The van der Waals surface area contributed by atoms with Gasteiger partial charge in [-0.05, 0) is 0 Å². The summed E-state index contributed by atoms with van der Waals surface area (Å²) in [7, 11) is 0. The third kappa shape index (κ3) is 3.65. The summed E-state index contributed by atoms with van der Waals surface area (Å²) in [6.45, 7) is -1.68. The number of hydrogen-bond donors (Lipinski definition) is 8. The second-order valence-corrected chi connectivity index (χ2v) is 5.63. The lowest BCUT2D eigenvalue weighted by molar-refractivity contribution is -0.409. The summed E-state index contributed by atoms with van der Waals surface area (Å²) in [6.07, 6.45) is -12.6. The van der Waals surface area contributed by atoms with Crippen molar-refractivity contribution < 1.29 is 55.1 Å². The Morgan fingerprint density at radius 1 is 1.00 bits per heavy atom. The zero-order valence-corrected chi connectivity index (χ0v) is 12.0. The van der Waals surface area contributed by atoms with Crippen LogP contribution in [0.15, 0.2) is 0 Å². The van der Waals surface area contributed by atoms with Crippen LogP contribution in [0.25, 0.3) is 0 Å². The van der Waals surface area contributed by atoms with Crippen LogP contribution in [-0.2, 0) is 14.2 Å². The molecule has 0 saturated carbocycles. The lowest BCUT2D eigenvalue weighted by Gasteiger charge is -2.45. The summed E-state index contributed by atoms with van der Waals surface area (Å²) in [4.78, 5) is 0. The molecule has 0 bridgehead atoms. The lowest BCUT2D eigenvalue weighted by Crippen LogP contribution is -2.63. The summed E-state index contributed by atoms with van der Waals surface area (Å²) < 4.78 is 15.3. The highest BCUT2D eigenvalue weighted by Gasteiger charge is 2.51. The molecular formula is C12H22O11. The molecule has 9 atom stereocenters. The Morgan fingerprint density at radius 3 is 2.22 bits per heavy atom. The topological polar surface area (TPSA) is 190 Å². The molecule has 0 unspecified atom stereocenters. The molecule has 23 heavy (non-hydrogen) atoms. The smallest absolute Gasteiger partial charge is 0.220 e. The maximum Gasteiger partial charge on any atom is 0.220 e. The van der Waals surface area contributed by atoms with E-state index < -0.39 is 68.2 Å². The van der Waals surface area contributed by atoms with Crippen molar-refractivity contribution >= 4 is 0 Å². The quantitative estimate of drug-likeness (QED) is 0.244. The molecule has 0 aromatic carbocycles. The van der Waals surface area contributed by atoms with Crippen LogP contribution in [0.4, 0.5) is 0 Å². The predicted octanol–water partition coefficient (Wildman–Crippen LogP) is -5.05. The number of rotatable bonds is 4. The van der Waals surface area contributed by atoms with Crippen LogP contribution in [0.2, 0.25) is 0 Å². The van der Waals surface area contributed by atoms with Gasteiger partial charge in [0, 0.05) is 6.42 Å². The maximum atomic E-state index is 9.88. The van der Waals surface area contributed by atoms with E-state index in [4.69, 9.17) is 24.4 Å². The normalized spacial score (nSPS) is 51.7. The first kappa shape index (κ1) is 18.9. The molecule has 2 aliphatic heterocycles. The van der Waals surface area contributed by atoms with Gasteiger partial charge in [-0.1, -0.05) is 0 Å². The zero-order valence-electron chi connectivity index (χ0n) is 12.0. The minimum absolute atomic E-state index is 0.321. The van der Waals surface area contributed by atoms with Crippen molar-refractivity contribution in [2.45, 2.75) is 61.4 Å². The van der Waals surface area contributed by atoms with E-state index in [1.807, 2.05) is 0 Å². The second kappa shape index (κ2) is 7.21. The zero-order chi connectivity index (χ0) is 17.4. The Morgan fingerprint density at radius 2 is 1.65 bits per heavy atom. The van der Waals surface area contributed by atoms with Crippen LogP contribution in [0, 0.1) is 0 Å². The molecule has 2 fully saturated rings. The number of aliphatic hydroxyl groups is 8.